The second-order valence-corrected chi connectivity index (χ2v) is 7.60. The van der Waals surface area contributed by atoms with E-state index >= 15 is 0 Å². The summed E-state index contributed by atoms with van der Waals surface area (Å²) in [6.07, 6.45) is 4.56. The van der Waals surface area contributed by atoms with Gasteiger partial charge in [-0.05, 0) is 19.8 Å². The van der Waals surface area contributed by atoms with Crippen LogP contribution in [0.5, 0.6) is 0 Å². The van der Waals surface area contributed by atoms with Crippen molar-refractivity contribution in [3.63, 3.8) is 0 Å². The van der Waals surface area contributed by atoms with Gasteiger partial charge in [0.2, 0.25) is 11.8 Å². The van der Waals surface area contributed by atoms with Crippen LogP contribution in [0.2, 0.25) is 0 Å². The smallest absolute Gasteiger partial charge is 0.249 e. The van der Waals surface area contributed by atoms with Crippen LogP contribution in [0.3, 0.4) is 0 Å². The molecule has 5 nitrogen and oxygen atoms in total. The van der Waals surface area contributed by atoms with E-state index in [0.717, 1.165) is 32.1 Å². The Balaban J connectivity index is 2.13. The van der Waals surface area contributed by atoms with Crippen molar-refractivity contribution in [1.29, 1.82) is 0 Å². The Kier molecular flexibility index (Phi) is 4.83. The Morgan fingerprint density at radius 2 is 1.95 bits per heavy atom. The van der Waals surface area contributed by atoms with E-state index in [1.807, 2.05) is 6.92 Å². The van der Waals surface area contributed by atoms with Crippen LogP contribution in [0.1, 0.15) is 46.0 Å². The summed E-state index contributed by atoms with van der Waals surface area (Å²) in [5, 5.41) is 2.96. The van der Waals surface area contributed by atoms with Gasteiger partial charge < -0.3 is 10.2 Å². The Labute approximate surface area is 122 Å². The fourth-order valence-corrected chi connectivity index (χ4v) is 3.81. The maximum absolute atomic E-state index is 12.8. The molecule has 114 valence electrons. The summed E-state index contributed by atoms with van der Waals surface area (Å²) < 4.78 is 11.6. The predicted octanol–water partition coefficient (Wildman–Crippen LogP) is 0.805. The largest absolute Gasteiger partial charge is 0.340 e. The lowest BCUT2D eigenvalue weighted by Gasteiger charge is -2.46. The van der Waals surface area contributed by atoms with Gasteiger partial charge in [0.15, 0.2) is 0 Å². The number of amides is 2. The molecular weight excluding hydrogens is 276 g/mol. The standard InChI is InChI=1S/C14H24N2O3S/c1-3-20(19)10-9-16-11(2)12(17)15-14(13(16)18)7-5-4-6-8-14/h11H,3-10H2,1-2H3,(H,15,17). The zero-order chi connectivity index (χ0) is 14.8. The molecule has 0 aromatic heterocycles. The average Bonchev–Trinajstić information content (AvgIpc) is 2.46. The van der Waals surface area contributed by atoms with Gasteiger partial charge in [-0.15, -0.1) is 0 Å². The maximum atomic E-state index is 12.8. The van der Waals surface area contributed by atoms with E-state index in [-0.39, 0.29) is 11.8 Å². The van der Waals surface area contributed by atoms with Gasteiger partial charge in [-0.25, -0.2) is 0 Å². The molecule has 1 N–H and O–H groups in total. The molecule has 0 bridgehead atoms. The molecule has 1 saturated carbocycles. The van der Waals surface area contributed by atoms with E-state index in [2.05, 4.69) is 5.32 Å². The Hall–Kier alpha value is -0.910. The van der Waals surface area contributed by atoms with Crippen LogP contribution >= 0.6 is 0 Å². The fourth-order valence-electron chi connectivity index (χ4n) is 3.12. The zero-order valence-electron chi connectivity index (χ0n) is 12.3. The van der Waals surface area contributed by atoms with E-state index in [9.17, 15) is 13.8 Å². The lowest BCUT2D eigenvalue weighted by Crippen LogP contribution is -2.70. The van der Waals surface area contributed by atoms with Gasteiger partial charge in [-0.1, -0.05) is 26.2 Å². The first-order valence-electron chi connectivity index (χ1n) is 7.48. The van der Waals surface area contributed by atoms with E-state index < -0.39 is 22.4 Å². The molecule has 20 heavy (non-hydrogen) atoms. The Morgan fingerprint density at radius 1 is 1.30 bits per heavy atom. The van der Waals surface area contributed by atoms with Crippen LogP contribution < -0.4 is 5.32 Å². The molecular formula is C14H24N2O3S. The summed E-state index contributed by atoms with van der Waals surface area (Å²) in [5.41, 5.74) is -0.685. The molecule has 2 atom stereocenters. The highest BCUT2D eigenvalue weighted by Gasteiger charge is 2.49. The van der Waals surface area contributed by atoms with Crippen LogP contribution in [-0.4, -0.2) is 50.6 Å². The van der Waals surface area contributed by atoms with E-state index in [1.54, 1.807) is 11.8 Å². The van der Waals surface area contributed by atoms with Gasteiger partial charge in [0.25, 0.3) is 0 Å². The molecule has 1 spiro atoms. The van der Waals surface area contributed by atoms with Gasteiger partial charge in [0.1, 0.15) is 11.6 Å². The van der Waals surface area contributed by atoms with Gasteiger partial charge in [-0.2, -0.15) is 0 Å². The van der Waals surface area contributed by atoms with Crippen molar-refractivity contribution in [3.8, 4) is 0 Å². The van der Waals surface area contributed by atoms with Gasteiger partial charge in [0, 0.05) is 28.9 Å². The molecule has 6 heteroatoms. The molecule has 2 aliphatic rings. The summed E-state index contributed by atoms with van der Waals surface area (Å²) in [6.45, 7) is 4.03. The minimum atomic E-state index is -0.912. The van der Waals surface area contributed by atoms with Crippen molar-refractivity contribution < 1.29 is 13.8 Å². The third kappa shape index (κ3) is 2.90. The van der Waals surface area contributed by atoms with E-state index in [1.165, 1.54) is 0 Å². The van der Waals surface area contributed by atoms with Gasteiger partial charge >= 0.3 is 0 Å². The molecule has 1 heterocycles. The van der Waals surface area contributed by atoms with E-state index in [0.29, 0.717) is 18.1 Å². The molecule has 1 aliphatic carbocycles. The second kappa shape index (κ2) is 6.24. The molecule has 2 amide bonds. The first-order chi connectivity index (χ1) is 9.50. The summed E-state index contributed by atoms with van der Waals surface area (Å²) in [5.74, 6) is 0.995. The van der Waals surface area contributed by atoms with Crippen molar-refractivity contribution in [3.05, 3.63) is 0 Å². The molecule has 2 rings (SSSR count). The summed E-state index contributed by atoms with van der Waals surface area (Å²) in [4.78, 5) is 26.6. The van der Waals surface area contributed by atoms with Gasteiger partial charge in [-0.3, -0.25) is 13.8 Å². The third-order valence-electron chi connectivity index (χ3n) is 4.47. The number of nitrogens with one attached hydrogen (secondary N) is 1. The number of carbonyl (C=O) groups excluding carboxylic acids is 2. The summed E-state index contributed by atoms with van der Waals surface area (Å²) >= 11 is 0. The highest BCUT2D eigenvalue weighted by atomic mass is 32.2. The van der Waals surface area contributed by atoms with Crippen LogP contribution in [0.15, 0.2) is 0 Å². The second-order valence-electron chi connectivity index (χ2n) is 5.74. The number of rotatable bonds is 4. The normalized spacial score (nSPS) is 27.5. The fraction of sp³-hybridized carbons (Fsp3) is 0.857. The molecule has 2 unspecified atom stereocenters. The Morgan fingerprint density at radius 3 is 2.55 bits per heavy atom. The van der Waals surface area contributed by atoms with E-state index in [4.69, 9.17) is 0 Å². The minimum absolute atomic E-state index is 0.0254. The topological polar surface area (TPSA) is 66.5 Å². The molecule has 0 radical (unpaired) electrons. The van der Waals surface area contributed by atoms with Crippen LogP contribution in [0.25, 0.3) is 0 Å². The lowest BCUT2D eigenvalue weighted by atomic mass is 9.78. The highest BCUT2D eigenvalue weighted by molar-refractivity contribution is 7.84. The van der Waals surface area contributed by atoms with Crippen LogP contribution in [-0.2, 0) is 20.4 Å². The average molecular weight is 300 g/mol. The summed E-state index contributed by atoms with van der Waals surface area (Å²) in [6, 6.07) is -0.455. The zero-order valence-corrected chi connectivity index (χ0v) is 13.1. The monoisotopic (exact) mass is 300 g/mol. The molecule has 1 saturated heterocycles. The maximum Gasteiger partial charge on any atom is 0.249 e. The first kappa shape index (κ1) is 15.5. The molecule has 0 aromatic carbocycles. The number of nitrogens with zero attached hydrogens (tertiary/aromatic N) is 1. The highest BCUT2D eigenvalue weighted by Crippen LogP contribution is 2.33. The van der Waals surface area contributed by atoms with Gasteiger partial charge in [0.05, 0.1) is 0 Å². The van der Waals surface area contributed by atoms with Crippen molar-refractivity contribution in [2.45, 2.75) is 57.5 Å². The molecule has 2 fully saturated rings. The SMILES string of the molecule is CCS(=O)CCN1C(=O)C2(CCCCC2)NC(=O)C1C. The van der Waals surface area contributed by atoms with Crippen LogP contribution in [0, 0.1) is 0 Å². The van der Waals surface area contributed by atoms with Crippen molar-refractivity contribution >= 4 is 22.6 Å². The number of piperazine rings is 1. The predicted molar refractivity (Wildman–Crippen MR) is 78.7 cm³/mol. The number of hydrogen-bond donors (Lipinski definition) is 1. The van der Waals surface area contributed by atoms with Crippen LogP contribution in [0.4, 0.5) is 0 Å². The van der Waals surface area contributed by atoms with Crippen molar-refractivity contribution in [2.75, 3.05) is 18.1 Å². The lowest BCUT2D eigenvalue weighted by molar-refractivity contribution is -0.155. The molecule has 1 aliphatic heterocycles. The quantitative estimate of drug-likeness (QED) is 0.835. The minimum Gasteiger partial charge on any atom is -0.340 e. The first-order valence-corrected chi connectivity index (χ1v) is 8.97. The number of hydrogen-bond acceptors (Lipinski definition) is 3. The van der Waals surface area contributed by atoms with Crippen molar-refractivity contribution in [1.82, 2.24) is 10.2 Å². The number of carbonyl (C=O) groups is 2. The van der Waals surface area contributed by atoms with Crippen molar-refractivity contribution in [2.24, 2.45) is 0 Å². The third-order valence-corrected chi connectivity index (χ3v) is 5.75. The Bertz CT molecular complexity index is 419. The molecule has 0 aromatic rings. The summed E-state index contributed by atoms with van der Waals surface area (Å²) in [7, 11) is -0.912.